The maximum Gasteiger partial charge on any atom is 0.214 e. The molecule has 1 atom stereocenters. The topological polar surface area (TPSA) is 37.4 Å². The van der Waals surface area contributed by atoms with Crippen LogP contribution in [0.25, 0.3) is 0 Å². The Morgan fingerprint density at radius 1 is 1.09 bits per heavy atom. The molecule has 0 radical (unpaired) electrons. The number of nitrogens with zero attached hydrogens (tertiary/aromatic N) is 1. The molecule has 22 heavy (non-hydrogen) atoms. The van der Waals surface area contributed by atoms with Crippen molar-refractivity contribution in [3.63, 3.8) is 0 Å². The summed E-state index contributed by atoms with van der Waals surface area (Å²) in [7, 11) is -3.41. The molecule has 1 unspecified atom stereocenters. The zero-order chi connectivity index (χ0) is 15.7. The minimum absolute atomic E-state index is 0.0140. The number of fused-ring (bicyclic) bond motifs is 1. The van der Waals surface area contributed by atoms with Crippen LogP contribution >= 0.6 is 0 Å². The summed E-state index contributed by atoms with van der Waals surface area (Å²) in [5.41, 5.74) is 2.36. The van der Waals surface area contributed by atoms with Crippen LogP contribution < -0.4 is 0 Å². The summed E-state index contributed by atoms with van der Waals surface area (Å²) in [6, 6.07) is 13.5. The van der Waals surface area contributed by atoms with E-state index in [2.05, 4.69) is 0 Å². The van der Waals surface area contributed by atoms with Crippen molar-refractivity contribution < 1.29 is 12.8 Å². The lowest BCUT2D eigenvalue weighted by atomic mass is 9.89. The Morgan fingerprint density at radius 2 is 1.73 bits per heavy atom. The lowest BCUT2D eigenvalue weighted by Gasteiger charge is -2.36. The third kappa shape index (κ3) is 2.55. The smallest absolute Gasteiger partial charge is 0.212 e. The van der Waals surface area contributed by atoms with Crippen LogP contribution in [-0.4, -0.2) is 25.0 Å². The van der Waals surface area contributed by atoms with Crippen LogP contribution in [0.3, 0.4) is 0 Å². The second-order valence-corrected chi connectivity index (χ2v) is 7.59. The Labute approximate surface area is 130 Å². The molecule has 0 spiro atoms. The molecular formula is C17H18FNO2S. The Morgan fingerprint density at radius 3 is 2.41 bits per heavy atom. The van der Waals surface area contributed by atoms with Crippen LogP contribution in [0, 0.1) is 5.82 Å². The van der Waals surface area contributed by atoms with Crippen molar-refractivity contribution in [2.24, 2.45) is 0 Å². The lowest BCUT2D eigenvalue weighted by molar-refractivity contribution is 0.337. The molecule has 3 nitrogen and oxygen atoms in total. The molecule has 0 saturated carbocycles. The predicted molar refractivity (Wildman–Crippen MR) is 84.6 cm³/mol. The molecule has 0 aromatic heterocycles. The van der Waals surface area contributed by atoms with Gasteiger partial charge in [-0.25, -0.2) is 12.8 Å². The molecule has 0 fully saturated rings. The Bertz CT molecular complexity index is 789. The zero-order valence-corrected chi connectivity index (χ0v) is 13.2. The Hall–Kier alpha value is -1.72. The summed E-state index contributed by atoms with van der Waals surface area (Å²) >= 11 is 0. The van der Waals surface area contributed by atoms with Crippen molar-refractivity contribution in [1.82, 2.24) is 4.31 Å². The van der Waals surface area contributed by atoms with Crippen molar-refractivity contribution in [3.05, 3.63) is 71.0 Å². The molecule has 2 aromatic rings. The highest BCUT2D eigenvalue weighted by atomic mass is 32.2. The number of sulfonamides is 1. The average molecular weight is 319 g/mol. The normalized spacial score (nSPS) is 18.9. The van der Waals surface area contributed by atoms with Gasteiger partial charge in [0.25, 0.3) is 0 Å². The standard InChI is InChI=1S/C17H18FNO2S/c1-2-22(20,21)19-12-11-13-7-3-4-8-14(13)17(19)15-9-5-6-10-16(15)18/h3-10,17H,2,11-12H2,1H3. The highest BCUT2D eigenvalue weighted by molar-refractivity contribution is 7.89. The van der Waals surface area contributed by atoms with Crippen molar-refractivity contribution in [1.29, 1.82) is 0 Å². The summed E-state index contributed by atoms with van der Waals surface area (Å²) in [5, 5.41) is 0. The van der Waals surface area contributed by atoms with Gasteiger partial charge in [-0.1, -0.05) is 42.5 Å². The first kappa shape index (κ1) is 15.2. The first-order valence-corrected chi connectivity index (χ1v) is 8.97. The average Bonchev–Trinajstić information content (AvgIpc) is 2.54. The maximum atomic E-state index is 14.3. The van der Waals surface area contributed by atoms with E-state index < -0.39 is 16.1 Å². The van der Waals surface area contributed by atoms with Gasteiger partial charge in [0.15, 0.2) is 0 Å². The third-order valence-corrected chi connectivity index (χ3v) is 6.00. The SMILES string of the molecule is CCS(=O)(=O)N1CCc2ccccc2C1c1ccccc1F. The molecule has 5 heteroatoms. The van der Waals surface area contributed by atoms with Crippen LogP contribution in [0.4, 0.5) is 4.39 Å². The van der Waals surface area contributed by atoms with Crippen LogP contribution in [-0.2, 0) is 16.4 Å². The van der Waals surface area contributed by atoms with E-state index in [4.69, 9.17) is 0 Å². The minimum Gasteiger partial charge on any atom is -0.212 e. The van der Waals surface area contributed by atoms with E-state index in [9.17, 15) is 12.8 Å². The van der Waals surface area contributed by atoms with E-state index in [1.54, 1.807) is 25.1 Å². The van der Waals surface area contributed by atoms with E-state index in [1.807, 2.05) is 24.3 Å². The molecule has 0 N–H and O–H groups in total. The molecule has 3 rings (SSSR count). The highest BCUT2D eigenvalue weighted by Crippen LogP contribution is 2.37. The van der Waals surface area contributed by atoms with Crippen molar-refractivity contribution in [2.75, 3.05) is 12.3 Å². The van der Waals surface area contributed by atoms with Gasteiger partial charge < -0.3 is 0 Å². The van der Waals surface area contributed by atoms with Gasteiger partial charge >= 0.3 is 0 Å². The summed E-state index contributed by atoms with van der Waals surface area (Å²) in [5.74, 6) is -0.361. The van der Waals surface area contributed by atoms with Gasteiger partial charge in [0.05, 0.1) is 11.8 Å². The molecule has 2 aromatic carbocycles. The van der Waals surface area contributed by atoms with E-state index >= 15 is 0 Å². The van der Waals surface area contributed by atoms with E-state index in [-0.39, 0.29) is 11.6 Å². The largest absolute Gasteiger partial charge is 0.214 e. The first-order chi connectivity index (χ1) is 10.5. The van der Waals surface area contributed by atoms with Crippen LogP contribution in [0.1, 0.15) is 29.7 Å². The fraction of sp³-hybridized carbons (Fsp3) is 0.294. The zero-order valence-electron chi connectivity index (χ0n) is 12.4. The second kappa shape index (κ2) is 5.82. The first-order valence-electron chi connectivity index (χ1n) is 7.36. The summed E-state index contributed by atoms with van der Waals surface area (Å²) in [6.07, 6.45) is 0.653. The van der Waals surface area contributed by atoms with Crippen LogP contribution in [0.15, 0.2) is 48.5 Å². The summed E-state index contributed by atoms with van der Waals surface area (Å²) in [4.78, 5) is 0. The van der Waals surface area contributed by atoms with Gasteiger partial charge in [-0.3, -0.25) is 0 Å². The predicted octanol–water partition coefficient (Wildman–Crippen LogP) is 3.12. The van der Waals surface area contributed by atoms with Crippen molar-refractivity contribution in [3.8, 4) is 0 Å². The van der Waals surface area contributed by atoms with E-state index in [0.29, 0.717) is 18.5 Å². The Balaban J connectivity index is 2.21. The van der Waals surface area contributed by atoms with Gasteiger partial charge in [-0.05, 0) is 30.5 Å². The van der Waals surface area contributed by atoms with Gasteiger partial charge in [0.1, 0.15) is 5.82 Å². The molecule has 1 aliphatic heterocycles. The summed E-state index contributed by atoms with van der Waals surface area (Å²) < 4.78 is 40.7. The van der Waals surface area contributed by atoms with Gasteiger partial charge in [0, 0.05) is 12.1 Å². The summed E-state index contributed by atoms with van der Waals surface area (Å²) in [6.45, 7) is 2.00. The number of benzene rings is 2. The number of hydrogen-bond acceptors (Lipinski definition) is 2. The Kier molecular flexibility index (Phi) is 4.02. The fourth-order valence-corrected chi connectivity index (χ4v) is 4.28. The lowest BCUT2D eigenvalue weighted by Crippen LogP contribution is -2.41. The number of rotatable bonds is 3. The van der Waals surface area contributed by atoms with Crippen LogP contribution in [0.5, 0.6) is 0 Å². The molecule has 116 valence electrons. The minimum atomic E-state index is -3.41. The van der Waals surface area contributed by atoms with Gasteiger partial charge in [-0.15, -0.1) is 0 Å². The molecule has 0 bridgehead atoms. The van der Waals surface area contributed by atoms with Gasteiger partial charge in [0.2, 0.25) is 10.0 Å². The van der Waals surface area contributed by atoms with Gasteiger partial charge in [-0.2, -0.15) is 4.31 Å². The van der Waals surface area contributed by atoms with Crippen molar-refractivity contribution in [2.45, 2.75) is 19.4 Å². The number of hydrogen-bond donors (Lipinski definition) is 0. The molecule has 1 aliphatic rings. The van der Waals surface area contributed by atoms with Crippen LogP contribution in [0.2, 0.25) is 0 Å². The quantitative estimate of drug-likeness (QED) is 0.871. The number of halogens is 1. The molecule has 1 heterocycles. The monoisotopic (exact) mass is 319 g/mol. The molecule has 0 saturated heterocycles. The van der Waals surface area contributed by atoms with E-state index in [0.717, 1.165) is 11.1 Å². The second-order valence-electron chi connectivity index (χ2n) is 5.38. The molecule has 0 aliphatic carbocycles. The third-order valence-electron chi connectivity index (χ3n) is 4.16. The van der Waals surface area contributed by atoms with E-state index in [1.165, 1.54) is 10.4 Å². The maximum absolute atomic E-state index is 14.3. The van der Waals surface area contributed by atoms with Crippen molar-refractivity contribution >= 4 is 10.0 Å². The highest BCUT2D eigenvalue weighted by Gasteiger charge is 2.36. The molecule has 0 amide bonds. The molecular weight excluding hydrogens is 301 g/mol. The fourth-order valence-electron chi connectivity index (χ4n) is 3.03.